The van der Waals surface area contributed by atoms with Crippen molar-refractivity contribution in [1.82, 2.24) is 15.0 Å². The monoisotopic (exact) mass is 316 g/mol. The summed E-state index contributed by atoms with van der Waals surface area (Å²) in [5.41, 5.74) is -0.239. The van der Waals surface area contributed by atoms with E-state index >= 15 is 0 Å². The molecule has 0 bridgehead atoms. The third kappa shape index (κ3) is 2.96. The van der Waals surface area contributed by atoms with E-state index in [4.69, 9.17) is 9.47 Å². The van der Waals surface area contributed by atoms with Crippen LogP contribution in [0.25, 0.3) is 0 Å². The molecule has 6 nitrogen and oxygen atoms in total. The molecule has 120 valence electrons. The Morgan fingerprint density at radius 3 is 2.91 bits per heavy atom. The number of nitrogens with zero attached hydrogens (tertiary/aromatic N) is 4. The van der Waals surface area contributed by atoms with Gasteiger partial charge in [0.05, 0.1) is 31.1 Å². The highest BCUT2D eigenvalue weighted by atomic mass is 19.1. The summed E-state index contributed by atoms with van der Waals surface area (Å²) in [4.78, 5) is 14.3. The van der Waals surface area contributed by atoms with E-state index in [0.29, 0.717) is 25.0 Å². The number of anilines is 1. The lowest BCUT2D eigenvalue weighted by Crippen LogP contribution is -2.34. The highest BCUT2D eigenvalue weighted by Gasteiger charge is 2.47. The van der Waals surface area contributed by atoms with E-state index in [1.54, 1.807) is 6.20 Å². The molecule has 2 aromatic rings. The summed E-state index contributed by atoms with van der Waals surface area (Å²) in [7, 11) is 0. The largest absolute Gasteiger partial charge is 0.472 e. The van der Waals surface area contributed by atoms with Gasteiger partial charge in [-0.1, -0.05) is 6.07 Å². The highest BCUT2D eigenvalue weighted by molar-refractivity contribution is 5.33. The molecule has 0 amide bonds. The molecule has 4 heterocycles. The smallest absolute Gasteiger partial charge is 0.225 e. The van der Waals surface area contributed by atoms with Gasteiger partial charge in [0.2, 0.25) is 11.8 Å². The fourth-order valence-electron chi connectivity index (χ4n) is 3.23. The molecule has 2 fully saturated rings. The van der Waals surface area contributed by atoms with E-state index in [1.807, 2.05) is 23.1 Å². The molecule has 23 heavy (non-hydrogen) atoms. The van der Waals surface area contributed by atoms with Crippen LogP contribution in [0.15, 0.2) is 36.8 Å². The lowest BCUT2D eigenvalue weighted by atomic mass is 9.98. The quantitative estimate of drug-likeness (QED) is 0.861. The van der Waals surface area contributed by atoms with Gasteiger partial charge in [-0.3, -0.25) is 0 Å². The van der Waals surface area contributed by atoms with Gasteiger partial charge in [0, 0.05) is 25.2 Å². The average molecular weight is 316 g/mol. The van der Waals surface area contributed by atoms with Crippen molar-refractivity contribution in [1.29, 1.82) is 0 Å². The van der Waals surface area contributed by atoms with Gasteiger partial charge >= 0.3 is 0 Å². The Balaban J connectivity index is 1.40. The van der Waals surface area contributed by atoms with Crippen LogP contribution in [-0.2, 0) is 4.74 Å². The van der Waals surface area contributed by atoms with Crippen LogP contribution in [-0.4, -0.2) is 46.4 Å². The molecule has 0 aromatic carbocycles. The Labute approximate surface area is 133 Å². The second kappa shape index (κ2) is 5.73. The molecule has 4 rings (SSSR count). The molecule has 2 aliphatic rings. The van der Waals surface area contributed by atoms with Crippen LogP contribution in [0, 0.1) is 5.82 Å². The molecule has 0 saturated carbocycles. The molecule has 2 aliphatic heterocycles. The molecule has 0 aliphatic carbocycles. The van der Waals surface area contributed by atoms with Gasteiger partial charge in [-0.2, -0.15) is 0 Å². The third-order valence-corrected chi connectivity index (χ3v) is 4.31. The standard InChI is InChI=1S/C16H17FN4O2/c17-12-8-19-15(20-9-12)21-6-4-16(11-21)7-13(10-22-16)23-14-3-1-2-5-18-14/h1-3,5,8-9,13H,4,6-7,10-11H2/t13-,16+/m1/s1. The lowest BCUT2D eigenvalue weighted by Gasteiger charge is -2.23. The fraction of sp³-hybridized carbons (Fsp3) is 0.438. The lowest BCUT2D eigenvalue weighted by molar-refractivity contribution is 0.0193. The third-order valence-electron chi connectivity index (χ3n) is 4.31. The summed E-state index contributed by atoms with van der Waals surface area (Å²) in [6.45, 7) is 2.04. The Bertz CT molecular complexity index is 670. The highest BCUT2D eigenvalue weighted by Crippen LogP contribution is 2.37. The first-order valence-electron chi connectivity index (χ1n) is 7.67. The summed E-state index contributed by atoms with van der Waals surface area (Å²) in [5.74, 6) is 0.736. The van der Waals surface area contributed by atoms with Crippen LogP contribution in [0.1, 0.15) is 12.8 Å². The topological polar surface area (TPSA) is 60.4 Å². The molecular formula is C16H17FN4O2. The maximum absolute atomic E-state index is 12.9. The minimum absolute atomic E-state index is 0.000939. The first-order chi connectivity index (χ1) is 11.2. The van der Waals surface area contributed by atoms with Crippen molar-refractivity contribution in [3.05, 3.63) is 42.6 Å². The minimum atomic E-state index is -0.427. The van der Waals surface area contributed by atoms with E-state index in [2.05, 4.69) is 15.0 Å². The Kier molecular flexibility index (Phi) is 3.57. The van der Waals surface area contributed by atoms with Crippen molar-refractivity contribution < 1.29 is 13.9 Å². The maximum Gasteiger partial charge on any atom is 0.225 e. The number of pyridine rings is 1. The number of aromatic nitrogens is 3. The van der Waals surface area contributed by atoms with Gasteiger partial charge in [-0.05, 0) is 12.5 Å². The number of halogens is 1. The number of ether oxygens (including phenoxy) is 2. The van der Waals surface area contributed by atoms with Crippen LogP contribution in [0.2, 0.25) is 0 Å². The molecule has 2 atom stereocenters. The van der Waals surface area contributed by atoms with Gasteiger partial charge < -0.3 is 14.4 Å². The predicted octanol–water partition coefficient (Wildman–Crippen LogP) is 1.83. The number of hydrogen-bond donors (Lipinski definition) is 0. The van der Waals surface area contributed by atoms with Crippen LogP contribution >= 0.6 is 0 Å². The molecule has 0 unspecified atom stereocenters. The van der Waals surface area contributed by atoms with Gasteiger partial charge in [0.25, 0.3) is 0 Å². The van der Waals surface area contributed by atoms with Gasteiger partial charge in [0.15, 0.2) is 5.82 Å². The molecule has 7 heteroatoms. The summed E-state index contributed by atoms with van der Waals surface area (Å²) in [6.07, 6.45) is 5.78. The molecule has 2 aromatic heterocycles. The van der Waals surface area contributed by atoms with Crippen molar-refractivity contribution in [2.45, 2.75) is 24.5 Å². The van der Waals surface area contributed by atoms with Crippen molar-refractivity contribution >= 4 is 5.95 Å². The van der Waals surface area contributed by atoms with Gasteiger partial charge in [-0.25, -0.2) is 19.3 Å². The van der Waals surface area contributed by atoms with E-state index in [1.165, 1.54) is 12.4 Å². The zero-order valence-corrected chi connectivity index (χ0v) is 12.6. The van der Waals surface area contributed by atoms with Crippen LogP contribution in [0.3, 0.4) is 0 Å². The van der Waals surface area contributed by atoms with E-state index in [0.717, 1.165) is 19.4 Å². The van der Waals surface area contributed by atoms with E-state index in [9.17, 15) is 4.39 Å². The van der Waals surface area contributed by atoms with Crippen LogP contribution < -0.4 is 9.64 Å². The zero-order valence-electron chi connectivity index (χ0n) is 12.6. The Morgan fingerprint density at radius 2 is 2.13 bits per heavy atom. The molecular weight excluding hydrogens is 299 g/mol. The summed E-state index contributed by atoms with van der Waals surface area (Å²) in [5, 5.41) is 0. The fourth-order valence-corrected chi connectivity index (χ4v) is 3.23. The summed E-state index contributed by atoms with van der Waals surface area (Å²) in [6, 6.07) is 5.60. The van der Waals surface area contributed by atoms with E-state index < -0.39 is 5.82 Å². The van der Waals surface area contributed by atoms with E-state index in [-0.39, 0.29) is 11.7 Å². The molecule has 0 radical (unpaired) electrons. The summed E-state index contributed by atoms with van der Waals surface area (Å²) >= 11 is 0. The predicted molar refractivity (Wildman–Crippen MR) is 80.8 cm³/mol. The average Bonchev–Trinajstić information content (AvgIpc) is 3.16. The van der Waals surface area contributed by atoms with Crippen molar-refractivity contribution in [2.24, 2.45) is 0 Å². The van der Waals surface area contributed by atoms with Gasteiger partial charge in [-0.15, -0.1) is 0 Å². The van der Waals surface area contributed by atoms with Crippen LogP contribution in [0.5, 0.6) is 5.88 Å². The second-order valence-electron chi connectivity index (χ2n) is 5.98. The van der Waals surface area contributed by atoms with Crippen molar-refractivity contribution in [3.8, 4) is 5.88 Å². The SMILES string of the molecule is Fc1cnc(N2CC[C@]3(C[C@@H](Oc4ccccn4)CO3)C2)nc1. The first kappa shape index (κ1) is 14.3. The number of hydrogen-bond acceptors (Lipinski definition) is 6. The molecule has 2 saturated heterocycles. The second-order valence-corrected chi connectivity index (χ2v) is 5.98. The van der Waals surface area contributed by atoms with Crippen molar-refractivity contribution in [3.63, 3.8) is 0 Å². The Hall–Kier alpha value is -2.28. The van der Waals surface area contributed by atoms with Gasteiger partial charge in [0.1, 0.15) is 6.10 Å². The zero-order chi connectivity index (χ0) is 15.7. The maximum atomic E-state index is 12.9. The Morgan fingerprint density at radius 1 is 1.26 bits per heavy atom. The number of rotatable bonds is 3. The molecule has 1 spiro atoms. The van der Waals surface area contributed by atoms with Crippen molar-refractivity contribution in [2.75, 3.05) is 24.6 Å². The van der Waals surface area contributed by atoms with Crippen LogP contribution in [0.4, 0.5) is 10.3 Å². The summed E-state index contributed by atoms with van der Waals surface area (Å²) < 4.78 is 24.9. The molecule has 0 N–H and O–H groups in total. The first-order valence-corrected chi connectivity index (χ1v) is 7.67. The normalized spacial score (nSPS) is 26.8. The minimum Gasteiger partial charge on any atom is -0.472 e.